The molecule has 17 heavy (non-hydrogen) atoms. The molecule has 2 nitrogen and oxygen atoms in total. The number of benzene rings is 1. The highest BCUT2D eigenvalue weighted by Crippen LogP contribution is 2.26. The predicted molar refractivity (Wildman–Crippen MR) is 68.6 cm³/mol. The van der Waals surface area contributed by atoms with Crippen molar-refractivity contribution in [3.05, 3.63) is 72.8 Å². The summed E-state index contributed by atoms with van der Waals surface area (Å²) < 4.78 is 5.74. The Morgan fingerprint density at radius 3 is 2.65 bits per heavy atom. The highest BCUT2D eigenvalue weighted by Gasteiger charge is 2.08. The van der Waals surface area contributed by atoms with Crippen LogP contribution in [0.1, 0.15) is 11.5 Å². The molecule has 0 atom stereocenters. The molecule has 0 aliphatic heterocycles. The largest absolute Gasteiger partial charge is 0.456 e. The highest BCUT2D eigenvalue weighted by molar-refractivity contribution is 5.84. The summed E-state index contributed by atoms with van der Waals surface area (Å²) in [5.74, 6) is 0.768. The fraction of sp³-hybridized carbons (Fsp3) is 0. The third-order valence-electron chi connectivity index (χ3n) is 2.70. The molecule has 0 unspecified atom stereocenters. The molecule has 0 fully saturated rings. The quantitative estimate of drug-likeness (QED) is 0.656. The minimum absolute atomic E-state index is 0.768. The van der Waals surface area contributed by atoms with E-state index in [1.807, 2.05) is 48.5 Å². The molecule has 0 aliphatic carbocycles. The van der Waals surface area contributed by atoms with Crippen LogP contribution in [-0.4, -0.2) is 4.98 Å². The van der Waals surface area contributed by atoms with Gasteiger partial charge in [0.25, 0.3) is 0 Å². The molecule has 82 valence electrons. The van der Waals surface area contributed by atoms with Gasteiger partial charge < -0.3 is 4.42 Å². The number of para-hydroxylation sites is 1. The molecule has 0 N–H and O–H groups in total. The number of fused-ring (bicyclic) bond motifs is 1. The smallest absolute Gasteiger partial charge is 0.136 e. The first-order valence-electron chi connectivity index (χ1n) is 5.44. The van der Waals surface area contributed by atoms with Crippen LogP contribution in [-0.2, 0) is 0 Å². The Hall–Kier alpha value is -2.35. The van der Waals surface area contributed by atoms with Crippen molar-refractivity contribution in [3.63, 3.8) is 0 Å². The van der Waals surface area contributed by atoms with Crippen LogP contribution in [0.25, 0.3) is 16.5 Å². The molecule has 1 aromatic carbocycles. The van der Waals surface area contributed by atoms with E-state index in [0.29, 0.717) is 0 Å². The molecular formula is C15H11NO. The van der Waals surface area contributed by atoms with Gasteiger partial charge in [-0.15, -0.1) is 0 Å². The van der Waals surface area contributed by atoms with E-state index in [1.165, 1.54) is 0 Å². The van der Waals surface area contributed by atoms with Crippen molar-refractivity contribution in [3.8, 4) is 0 Å². The summed E-state index contributed by atoms with van der Waals surface area (Å²) in [7, 11) is 0. The molecule has 0 saturated carbocycles. The summed E-state index contributed by atoms with van der Waals surface area (Å²) in [5, 5.41) is 1.08. The lowest BCUT2D eigenvalue weighted by molar-refractivity contribution is 0.600. The van der Waals surface area contributed by atoms with Crippen LogP contribution in [0.4, 0.5) is 0 Å². The third kappa shape index (κ3) is 1.74. The second kappa shape index (κ2) is 3.91. The average molecular weight is 221 g/mol. The lowest BCUT2D eigenvalue weighted by Crippen LogP contribution is -1.86. The molecule has 0 amide bonds. The Bertz CT molecular complexity index is 634. The summed E-state index contributed by atoms with van der Waals surface area (Å²) in [6.45, 7) is 4.03. The van der Waals surface area contributed by atoms with E-state index >= 15 is 0 Å². The van der Waals surface area contributed by atoms with Gasteiger partial charge >= 0.3 is 0 Å². The van der Waals surface area contributed by atoms with Gasteiger partial charge in [-0.1, -0.05) is 30.8 Å². The Balaban J connectivity index is 2.07. The standard InChI is InChI=1S/C15H11NO/c1-11(13-7-4-5-9-16-13)15-10-12-6-2-3-8-14(12)17-15/h2-10H,1H2. The number of nitrogens with zero attached hydrogens (tertiary/aromatic N) is 1. The van der Waals surface area contributed by atoms with E-state index in [-0.39, 0.29) is 0 Å². The van der Waals surface area contributed by atoms with E-state index < -0.39 is 0 Å². The molecule has 3 aromatic rings. The Labute approximate surface area is 99.2 Å². The van der Waals surface area contributed by atoms with Crippen molar-refractivity contribution in [2.24, 2.45) is 0 Å². The summed E-state index contributed by atoms with van der Waals surface area (Å²) in [4.78, 5) is 4.27. The van der Waals surface area contributed by atoms with E-state index in [9.17, 15) is 0 Å². The molecule has 2 aromatic heterocycles. The number of furan rings is 1. The monoisotopic (exact) mass is 221 g/mol. The minimum atomic E-state index is 0.768. The number of pyridine rings is 1. The molecule has 0 aliphatic rings. The zero-order chi connectivity index (χ0) is 11.7. The minimum Gasteiger partial charge on any atom is -0.456 e. The van der Waals surface area contributed by atoms with Gasteiger partial charge in [-0.3, -0.25) is 4.98 Å². The second-order valence-corrected chi connectivity index (χ2v) is 3.84. The number of hydrogen-bond donors (Lipinski definition) is 0. The molecule has 3 rings (SSSR count). The first kappa shape index (κ1) is 9.85. The molecule has 0 saturated heterocycles. The van der Waals surface area contributed by atoms with Gasteiger partial charge in [0, 0.05) is 17.2 Å². The summed E-state index contributed by atoms with van der Waals surface area (Å²) in [6, 6.07) is 15.7. The Morgan fingerprint density at radius 2 is 1.88 bits per heavy atom. The highest BCUT2D eigenvalue weighted by atomic mass is 16.3. The number of hydrogen-bond acceptors (Lipinski definition) is 2. The van der Waals surface area contributed by atoms with Crippen molar-refractivity contribution in [1.29, 1.82) is 0 Å². The lowest BCUT2D eigenvalue weighted by Gasteiger charge is -1.99. The number of rotatable bonds is 2. The van der Waals surface area contributed by atoms with Gasteiger partial charge in [-0.05, 0) is 24.3 Å². The van der Waals surface area contributed by atoms with Crippen molar-refractivity contribution >= 4 is 16.5 Å². The van der Waals surface area contributed by atoms with Gasteiger partial charge in [0.15, 0.2) is 0 Å². The Kier molecular flexibility index (Phi) is 2.26. The van der Waals surface area contributed by atoms with Crippen molar-refractivity contribution in [2.75, 3.05) is 0 Å². The summed E-state index contributed by atoms with van der Waals surface area (Å²) in [6.07, 6.45) is 1.75. The maximum Gasteiger partial charge on any atom is 0.136 e. The predicted octanol–water partition coefficient (Wildman–Crippen LogP) is 3.89. The average Bonchev–Trinajstić information content (AvgIpc) is 2.82. The third-order valence-corrected chi connectivity index (χ3v) is 2.70. The van der Waals surface area contributed by atoms with Crippen LogP contribution < -0.4 is 0 Å². The second-order valence-electron chi connectivity index (χ2n) is 3.84. The molecule has 0 spiro atoms. The topological polar surface area (TPSA) is 26.0 Å². The van der Waals surface area contributed by atoms with Gasteiger partial charge in [-0.25, -0.2) is 0 Å². The van der Waals surface area contributed by atoms with Crippen LogP contribution in [0.3, 0.4) is 0 Å². The van der Waals surface area contributed by atoms with Gasteiger partial charge in [0.2, 0.25) is 0 Å². The zero-order valence-electron chi connectivity index (χ0n) is 9.26. The van der Waals surface area contributed by atoms with Crippen LogP contribution in [0.15, 0.2) is 65.7 Å². The molecule has 0 bridgehead atoms. The van der Waals surface area contributed by atoms with Crippen LogP contribution in [0, 0.1) is 0 Å². The molecule has 0 radical (unpaired) electrons. The first-order valence-corrected chi connectivity index (χ1v) is 5.44. The Morgan fingerprint density at radius 1 is 1.06 bits per heavy atom. The van der Waals surface area contributed by atoms with Crippen molar-refractivity contribution in [1.82, 2.24) is 4.98 Å². The molecular weight excluding hydrogens is 210 g/mol. The zero-order valence-corrected chi connectivity index (χ0v) is 9.26. The van der Waals surface area contributed by atoms with Crippen LogP contribution >= 0.6 is 0 Å². The fourth-order valence-electron chi connectivity index (χ4n) is 1.80. The normalized spacial score (nSPS) is 10.6. The SMILES string of the molecule is C=C(c1ccccn1)c1cc2ccccc2o1. The number of aromatic nitrogens is 1. The van der Waals surface area contributed by atoms with Gasteiger partial charge in [0.1, 0.15) is 11.3 Å². The van der Waals surface area contributed by atoms with E-state index in [0.717, 1.165) is 28.0 Å². The fourth-order valence-corrected chi connectivity index (χ4v) is 1.80. The maximum atomic E-state index is 5.74. The first-order chi connectivity index (χ1) is 8.34. The van der Waals surface area contributed by atoms with Crippen molar-refractivity contribution in [2.45, 2.75) is 0 Å². The van der Waals surface area contributed by atoms with E-state index in [2.05, 4.69) is 11.6 Å². The maximum absolute atomic E-state index is 5.74. The van der Waals surface area contributed by atoms with E-state index in [1.54, 1.807) is 6.20 Å². The molecule has 2 heterocycles. The van der Waals surface area contributed by atoms with Crippen molar-refractivity contribution < 1.29 is 4.42 Å². The lowest BCUT2D eigenvalue weighted by atomic mass is 10.1. The molecule has 2 heteroatoms. The van der Waals surface area contributed by atoms with Crippen LogP contribution in [0.5, 0.6) is 0 Å². The van der Waals surface area contributed by atoms with Crippen LogP contribution in [0.2, 0.25) is 0 Å². The van der Waals surface area contributed by atoms with Gasteiger partial charge in [0.05, 0.1) is 5.69 Å². The van der Waals surface area contributed by atoms with Gasteiger partial charge in [-0.2, -0.15) is 0 Å². The summed E-state index contributed by atoms with van der Waals surface area (Å²) in [5.41, 5.74) is 2.52. The van der Waals surface area contributed by atoms with E-state index in [4.69, 9.17) is 4.42 Å². The summed E-state index contributed by atoms with van der Waals surface area (Å²) >= 11 is 0.